The summed E-state index contributed by atoms with van der Waals surface area (Å²) in [5, 5.41) is 4.06. The van der Waals surface area contributed by atoms with Gasteiger partial charge in [0.25, 0.3) is 0 Å². The molecule has 1 N–H and O–H groups in total. The van der Waals surface area contributed by atoms with Gasteiger partial charge in [0.2, 0.25) is 5.91 Å². The molecule has 1 heterocycles. The topological polar surface area (TPSA) is 32.3 Å². The smallest absolute Gasteiger partial charge is 0.244 e. The second kappa shape index (κ2) is 5.93. The van der Waals surface area contributed by atoms with Gasteiger partial charge in [0, 0.05) is 23.3 Å². The predicted octanol–water partition coefficient (Wildman–Crippen LogP) is 3.14. The van der Waals surface area contributed by atoms with Gasteiger partial charge >= 0.3 is 0 Å². The van der Waals surface area contributed by atoms with E-state index >= 15 is 0 Å². The van der Waals surface area contributed by atoms with Gasteiger partial charge < -0.3 is 10.2 Å². The Morgan fingerprint density at radius 1 is 1.42 bits per heavy atom. The summed E-state index contributed by atoms with van der Waals surface area (Å²) in [6.07, 6.45) is 1.94. The summed E-state index contributed by atoms with van der Waals surface area (Å²) in [6, 6.07) is 5.94. The lowest BCUT2D eigenvalue weighted by molar-refractivity contribution is -0.121. The van der Waals surface area contributed by atoms with Crippen LogP contribution in [0.15, 0.2) is 18.2 Å². The minimum Gasteiger partial charge on any atom is -0.311 e. The predicted molar refractivity (Wildman–Crippen MR) is 79.8 cm³/mol. The molecule has 1 amide bonds. The number of aryl methyl sites for hydroxylation is 1. The number of benzene rings is 1. The van der Waals surface area contributed by atoms with Gasteiger partial charge in [0.15, 0.2) is 0 Å². The third-order valence-electron chi connectivity index (χ3n) is 3.42. The molecule has 3 nitrogen and oxygen atoms in total. The summed E-state index contributed by atoms with van der Waals surface area (Å²) in [5.41, 5.74) is 2.02. The van der Waals surface area contributed by atoms with E-state index in [2.05, 4.69) is 19.2 Å². The summed E-state index contributed by atoms with van der Waals surface area (Å²) in [5.74, 6) is 0.172. The van der Waals surface area contributed by atoms with Crippen molar-refractivity contribution in [2.24, 2.45) is 0 Å². The molecule has 2 rings (SSSR count). The fourth-order valence-electron chi connectivity index (χ4n) is 2.59. The summed E-state index contributed by atoms with van der Waals surface area (Å²) in [4.78, 5) is 14.4. The first-order valence-electron chi connectivity index (χ1n) is 6.82. The summed E-state index contributed by atoms with van der Waals surface area (Å²) < 4.78 is 0. The lowest BCUT2D eigenvalue weighted by Gasteiger charge is -2.34. The number of anilines is 1. The van der Waals surface area contributed by atoms with E-state index in [9.17, 15) is 4.79 Å². The van der Waals surface area contributed by atoms with Gasteiger partial charge in [0.05, 0.1) is 6.04 Å². The number of carbonyl (C=O) groups is 1. The summed E-state index contributed by atoms with van der Waals surface area (Å²) >= 11 is 5.97. The van der Waals surface area contributed by atoms with Crippen LogP contribution in [0.4, 0.5) is 5.69 Å². The zero-order chi connectivity index (χ0) is 14.0. The lowest BCUT2D eigenvalue weighted by atomic mass is 10.0. The maximum Gasteiger partial charge on any atom is 0.244 e. The number of hydrogen-bond donors (Lipinski definition) is 1. The molecule has 0 saturated carbocycles. The van der Waals surface area contributed by atoms with Crippen LogP contribution in [0.1, 0.15) is 32.3 Å². The third kappa shape index (κ3) is 3.28. The first-order valence-corrected chi connectivity index (χ1v) is 7.20. The van der Waals surface area contributed by atoms with Crippen LogP contribution in [0.5, 0.6) is 0 Å². The monoisotopic (exact) mass is 280 g/mol. The second-order valence-corrected chi connectivity index (χ2v) is 5.87. The van der Waals surface area contributed by atoms with Crippen molar-refractivity contribution >= 4 is 23.2 Å². The molecule has 1 atom stereocenters. The fourth-order valence-corrected chi connectivity index (χ4v) is 2.82. The second-order valence-electron chi connectivity index (χ2n) is 5.44. The highest BCUT2D eigenvalue weighted by molar-refractivity contribution is 6.30. The van der Waals surface area contributed by atoms with Crippen molar-refractivity contribution in [3.63, 3.8) is 0 Å². The van der Waals surface area contributed by atoms with E-state index in [1.165, 1.54) is 0 Å². The maximum absolute atomic E-state index is 12.5. The van der Waals surface area contributed by atoms with Crippen LogP contribution in [0.3, 0.4) is 0 Å². The molecule has 0 aliphatic carbocycles. The van der Waals surface area contributed by atoms with E-state index in [4.69, 9.17) is 11.6 Å². The van der Waals surface area contributed by atoms with Crippen molar-refractivity contribution in [3.05, 3.63) is 28.8 Å². The van der Waals surface area contributed by atoms with Crippen molar-refractivity contribution in [2.45, 2.75) is 45.7 Å². The van der Waals surface area contributed by atoms with Crippen molar-refractivity contribution in [1.82, 2.24) is 5.32 Å². The molecule has 1 aromatic carbocycles. The van der Waals surface area contributed by atoms with E-state index < -0.39 is 0 Å². The Bertz CT molecular complexity index is 473. The molecular formula is C15H21ClN2O. The molecule has 0 aromatic heterocycles. The Balaban J connectivity index is 2.21. The highest BCUT2D eigenvalue weighted by atomic mass is 35.5. The van der Waals surface area contributed by atoms with E-state index in [0.717, 1.165) is 30.6 Å². The quantitative estimate of drug-likeness (QED) is 0.922. The molecule has 19 heavy (non-hydrogen) atoms. The van der Waals surface area contributed by atoms with Gasteiger partial charge in [-0.05, 0) is 43.5 Å². The number of amides is 1. The Hall–Kier alpha value is -1.06. The first kappa shape index (κ1) is 14.4. The third-order valence-corrected chi connectivity index (χ3v) is 3.66. The fraction of sp³-hybridized carbons (Fsp3) is 0.533. The number of carbonyl (C=O) groups excluding carboxylic acids is 1. The summed E-state index contributed by atoms with van der Waals surface area (Å²) in [7, 11) is 0. The number of nitrogens with zero attached hydrogens (tertiary/aromatic N) is 1. The van der Waals surface area contributed by atoms with Crippen molar-refractivity contribution in [1.29, 1.82) is 0 Å². The molecule has 4 heteroatoms. The Labute approximate surface area is 119 Å². The van der Waals surface area contributed by atoms with Gasteiger partial charge in [-0.25, -0.2) is 0 Å². The summed E-state index contributed by atoms with van der Waals surface area (Å²) in [6.45, 7) is 6.92. The average molecular weight is 281 g/mol. The minimum absolute atomic E-state index is 0.0659. The standard InChI is InChI=1S/C15H21ClN2O/c1-10(2)17-13-5-4-8-18(15(13)19)14-7-6-12(16)9-11(14)3/h6-7,9-10,13,17H,4-5,8H2,1-3H3. The van der Waals surface area contributed by atoms with Crippen LogP contribution >= 0.6 is 11.6 Å². The van der Waals surface area contributed by atoms with Gasteiger partial charge in [-0.2, -0.15) is 0 Å². The lowest BCUT2D eigenvalue weighted by Crippen LogP contribution is -2.52. The molecule has 0 bridgehead atoms. The van der Waals surface area contributed by atoms with Crippen LogP contribution in [0.25, 0.3) is 0 Å². The van der Waals surface area contributed by atoms with Crippen molar-refractivity contribution < 1.29 is 4.79 Å². The molecule has 1 aliphatic rings. The highest BCUT2D eigenvalue weighted by Gasteiger charge is 2.30. The van der Waals surface area contributed by atoms with Gasteiger partial charge in [-0.15, -0.1) is 0 Å². The Morgan fingerprint density at radius 3 is 2.79 bits per heavy atom. The van der Waals surface area contributed by atoms with Crippen LogP contribution in [0.2, 0.25) is 5.02 Å². The van der Waals surface area contributed by atoms with E-state index in [0.29, 0.717) is 11.1 Å². The Kier molecular flexibility index (Phi) is 4.48. The van der Waals surface area contributed by atoms with Crippen molar-refractivity contribution in [3.8, 4) is 0 Å². The Morgan fingerprint density at radius 2 is 2.16 bits per heavy atom. The average Bonchev–Trinajstić information content (AvgIpc) is 2.32. The van der Waals surface area contributed by atoms with Crippen LogP contribution in [0, 0.1) is 6.92 Å². The molecule has 1 fully saturated rings. The zero-order valence-electron chi connectivity index (χ0n) is 11.7. The van der Waals surface area contributed by atoms with E-state index in [-0.39, 0.29) is 11.9 Å². The molecule has 1 unspecified atom stereocenters. The molecule has 1 saturated heterocycles. The van der Waals surface area contributed by atoms with Gasteiger partial charge in [0.1, 0.15) is 0 Å². The van der Waals surface area contributed by atoms with E-state index in [1.54, 1.807) is 0 Å². The SMILES string of the molecule is Cc1cc(Cl)ccc1N1CCCC(NC(C)C)C1=O. The van der Waals surface area contributed by atoms with Crippen LogP contribution in [-0.2, 0) is 4.79 Å². The number of hydrogen-bond acceptors (Lipinski definition) is 2. The zero-order valence-corrected chi connectivity index (χ0v) is 12.5. The van der Waals surface area contributed by atoms with Crippen LogP contribution < -0.4 is 10.2 Å². The van der Waals surface area contributed by atoms with Crippen molar-refractivity contribution in [2.75, 3.05) is 11.4 Å². The first-order chi connectivity index (χ1) is 8.99. The molecule has 0 radical (unpaired) electrons. The number of piperidine rings is 1. The van der Waals surface area contributed by atoms with Gasteiger partial charge in [-0.3, -0.25) is 4.79 Å². The molecule has 1 aromatic rings. The maximum atomic E-state index is 12.5. The molecular weight excluding hydrogens is 260 g/mol. The largest absolute Gasteiger partial charge is 0.311 e. The normalized spacial score (nSPS) is 20.2. The number of rotatable bonds is 3. The molecule has 1 aliphatic heterocycles. The van der Waals surface area contributed by atoms with Gasteiger partial charge in [-0.1, -0.05) is 25.4 Å². The van der Waals surface area contributed by atoms with Crippen LogP contribution in [-0.4, -0.2) is 24.5 Å². The highest BCUT2D eigenvalue weighted by Crippen LogP contribution is 2.27. The molecule has 0 spiro atoms. The number of nitrogens with one attached hydrogen (secondary N) is 1. The number of halogens is 1. The minimum atomic E-state index is -0.0659. The molecule has 104 valence electrons. The van der Waals surface area contributed by atoms with E-state index in [1.807, 2.05) is 30.0 Å².